The number of imidazole rings is 1. The zero-order valence-corrected chi connectivity index (χ0v) is 24.9. The maximum atomic E-state index is 13.4. The number of amides is 2. The first kappa shape index (κ1) is 27.0. The van der Waals surface area contributed by atoms with E-state index >= 15 is 0 Å². The van der Waals surface area contributed by atoms with Gasteiger partial charge in [-0.1, -0.05) is 12.1 Å². The van der Waals surface area contributed by atoms with Gasteiger partial charge in [-0.2, -0.15) is 5.26 Å². The third-order valence-electron chi connectivity index (χ3n) is 9.17. The minimum Gasteiger partial charge on any atom is -0.444 e. The molecule has 9 nitrogen and oxygen atoms in total. The number of aromatic nitrogens is 3. The fourth-order valence-electron chi connectivity index (χ4n) is 6.69. The SMILES string of the molecule is CC(C)(C)OC(=O)N1CCC1(C)C1CC(=O)N(c2ccc3c(c2)Cn2cc(-c4ccc(C#N)cc4)cc2-c2nccn2-3)C1. The quantitative estimate of drug-likeness (QED) is 0.264. The van der Waals surface area contributed by atoms with Crippen molar-refractivity contribution in [2.24, 2.45) is 5.92 Å². The third-order valence-corrected chi connectivity index (χ3v) is 9.17. The predicted octanol–water partition coefficient (Wildman–Crippen LogP) is 5.99. The van der Waals surface area contributed by atoms with Gasteiger partial charge in [-0.3, -0.25) is 9.36 Å². The lowest BCUT2D eigenvalue weighted by Gasteiger charge is -2.53. The molecule has 0 N–H and O–H groups in total. The fourth-order valence-corrected chi connectivity index (χ4v) is 6.69. The number of carbonyl (C=O) groups excluding carboxylic acids is 2. The van der Waals surface area contributed by atoms with Crippen LogP contribution in [-0.4, -0.2) is 55.2 Å². The molecule has 0 bridgehead atoms. The molecule has 0 saturated carbocycles. The van der Waals surface area contributed by atoms with E-state index in [0.717, 1.165) is 46.0 Å². The van der Waals surface area contributed by atoms with Crippen LogP contribution in [0.3, 0.4) is 0 Å². The van der Waals surface area contributed by atoms with Gasteiger partial charge < -0.3 is 19.1 Å². The Morgan fingerprint density at radius 1 is 1.12 bits per heavy atom. The number of likely N-dealkylation sites (tertiary alicyclic amines) is 1. The Morgan fingerprint density at radius 3 is 2.60 bits per heavy atom. The van der Waals surface area contributed by atoms with E-state index in [2.05, 4.69) is 46.5 Å². The summed E-state index contributed by atoms with van der Waals surface area (Å²) < 4.78 is 9.97. The maximum Gasteiger partial charge on any atom is 0.410 e. The molecule has 43 heavy (non-hydrogen) atoms. The number of nitrogens with zero attached hydrogens (tertiary/aromatic N) is 6. The van der Waals surface area contributed by atoms with Crippen molar-refractivity contribution in [2.75, 3.05) is 18.0 Å². The molecule has 2 unspecified atom stereocenters. The summed E-state index contributed by atoms with van der Waals surface area (Å²) >= 11 is 0. The van der Waals surface area contributed by atoms with Gasteiger partial charge in [-0.05, 0) is 81.6 Å². The van der Waals surface area contributed by atoms with Crippen LogP contribution in [0.5, 0.6) is 0 Å². The normalized spacial score (nSPS) is 20.9. The highest BCUT2D eigenvalue weighted by Gasteiger charge is 2.53. The summed E-state index contributed by atoms with van der Waals surface area (Å²) in [5, 5.41) is 9.19. The second-order valence-corrected chi connectivity index (χ2v) is 13.0. The van der Waals surface area contributed by atoms with Gasteiger partial charge in [0.05, 0.1) is 28.6 Å². The van der Waals surface area contributed by atoms with Crippen molar-refractivity contribution in [3.05, 3.63) is 78.2 Å². The average molecular weight is 575 g/mol. The topological polar surface area (TPSA) is 96.4 Å². The lowest BCUT2D eigenvalue weighted by molar-refractivity contribution is -0.118. The van der Waals surface area contributed by atoms with E-state index in [9.17, 15) is 14.9 Å². The summed E-state index contributed by atoms with van der Waals surface area (Å²) in [5.41, 5.74) is 5.71. The Bertz CT molecular complexity index is 1800. The first-order valence-electron chi connectivity index (χ1n) is 14.7. The number of nitriles is 1. The van der Waals surface area contributed by atoms with Crippen LogP contribution in [0.15, 0.2) is 67.1 Å². The molecule has 2 aromatic heterocycles. The van der Waals surface area contributed by atoms with Crippen LogP contribution < -0.4 is 4.90 Å². The fraction of sp³-hybridized carbons (Fsp3) is 0.353. The van der Waals surface area contributed by atoms with Gasteiger partial charge in [0.2, 0.25) is 5.91 Å². The molecule has 2 aromatic carbocycles. The van der Waals surface area contributed by atoms with Gasteiger partial charge >= 0.3 is 6.09 Å². The molecule has 9 heteroatoms. The van der Waals surface area contributed by atoms with Crippen LogP contribution in [0, 0.1) is 17.2 Å². The number of benzene rings is 2. The van der Waals surface area contributed by atoms with Gasteiger partial charge in [0.15, 0.2) is 5.82 Å². The van der Waals surface area contributed by atoms with Gasteiger partial charge in [-0.15, -0.1) is 0 Å². The highest BCUT2D eigenvalue weighted by atomic mass is 16.6. The molecule has 0 aliphatic carbocycles. The Hall–Kier alpha value is -4.84. The number of rotatable bonds is 3. The van der Waals surface area contributed by atoms with Crippen molar-refractivity contribution in [1.82, 2.24) is 19.0 Å². The van der Waals surface area contributed by atoms with E-state index in [0.29, 0.717) is 31.6 Å². The molecule has 0 spiro atoms. The highest BCUT2D eigenvalue weighted by Crippen LogP contribution is 2.44. The Labute approximate surface area is 250 Å². The molecule has 4 aromatic rings. The maximum absolute atomic E-state index is 13.4. The molecular formula is C34H34N6O3. The van der Waals surface area contributed by atoms with Crippen molar-refractivity contribution >= 4 is 17.7 Å². The second-order valence-electron chi connectivity index (χ2n) is 13.0. The Morgan fingerprint density at radius 2 is 1.91 bits per heavy atom. The van der Waals surface area contributed by atoms with E-state index in [-0.39, 0.29) is 17.9 Å². The van der Waals surface area contributed by atoms with E-state index in [1.807, 2.05) is 62.2 Å². The molecule has 0 radical (unpaired) electrons. The van der Waals surface area contributed by atoms with Crippen molar-refractivity contribution in [3.8, 4) is 34.4 Å². The number of carbonyl (C=O) groups is 2. The molecule has 2 saturated heterocycles. The Kier molecular flexibility index (Phi) is 6.03. The monoisotopic (exact) mass is 574 g/mol. The van der Waals surface area contributed by atoms with Crippen LogP contribution in [0.4, 0.5) is 10.5 Å². The third kappa shape index (κ3) is 4.49. The van der Waals surface area contributed by atoms with Crippen LogP contribution in [-0.2, 0) is 16.1 Å². The Balaban J connectivity index is 1.18. The number of fused-ring (bicyclic) bond motifs is 5. The molecular weight excluding hydrogens is 540 g/mol. The van der Waals surface area contributed by atoms with Crippen molar-refractivity contribution in [3.63, 3.8) is 0 Å². The van der Waals surface area contributed by atoms with Gasteiger partial charge in [0.25, 0.3) is 0 Å². The van der Waals surface area contributed by atoms with Crippen molar-refractivity contribution in [1.29, 1.82) is 5.26 Å². The lowest BCUT2D eigenvalue weighted by atomic mass is 9.75. The van der Waals surface area contributed by atoms with Crippen LogP contribution in [0.25, 0.3) is 28.3 Å². The van der Waals surface area contributed by atoms with Crippen LogP contribution >= 0.6 is 0 Å². The second kappa shape index (κ2) is 9.60. The van der Waals surface area contributed by atoms with E-state index < -0.39 is 11.1 Å². The molecule has 2 amide bonds. The molecule has 3 aliphatic rings. The first-order chi connectivity index (χ1) is 20.5. The molecule has 218 valence electrons. The van der Waals surface area contributed by atoms with E-state index in [4.69, 9.17) is 9.72 Å². The molecule has 5 heterocycles. The van der Waals surface area contributed by atoms with Crippen LogP contribution in [0.1, 0.15) is 51.7 Å². The van der Waals surface area contributed by atoms with Gasteiger partial charge in [0, 0.05) is 61.8 Å². The summed E-state index contributed by atoms with van der Waals surface area (Å²) in [5.74, 6) is 0.944. The van der Waals surface area contributed by atoms with Gasteiger partial charge in [-0.25, -0.2) is 9.78 Å². The summed E-state index contributed by atoms with van der Waals surface area (Å²) in [7, 11) is 0. The summed E-state index contributed by atoms with van der Waals surface area (Å²) in [6.07, 6.45) is 6.84. The smallest absolute Gasteiger partial charge is 0.410 e. The predicted molar refractivity (Wildman–Crippen MR) is 163 cm³/mol. The first-order valence-corrected chi connectivity index (χ1v) is 14.7. The van der Waals surface area contributed by atoms with E-state index in [1.54, 1.807) is 11.1 Å². The average Bonchev–Trinajstić information content (AvgIpc) is 3.68. The summed E-state index contributed by atoms with van der Waals surface area (Å²) in [6.45, 7) is 9.52. The number of hydrogen-bond donors (Lipinski definition) is 0. The number of ether oxygens (including phenoxy) is 1. The molecule has 7 rings (SSSR count). The van der Waals surface area contributed by atoms with Crippen LogP contribution in [0.2, 0.25) is 0 Å². The zero-order valence-electron chi connectivity index (χ0n) is 24.9. The van der Waals surface area contributed by atoms with Gasteiger partial charge in [0.1, 0.15) is 5.60 Å². The molecule has 2 fully saturated rings. The molecule has 2 atom stereocenters. The van der Waals surface area contributed by atoms with Crippen molar-refractivity contribution < 1.29 is 14.3 Å². The van der Waals surface area contributed by atoms with E-state index in [1.165, 1.54) is 0 Å². The minimum atomic E-state index is -0.565. The number of anilines is 1. The number of hydrogen-bond acceptors (Lipinski definition) is 5. The minimum absolute atomic E-state index is 0.0198. The standard InChI is InChI=1S/C34H34N6O3/c1-33(2,3)43-32(42)40-13-11-34(40,4)26-17-30(41)39(21-26)27-9-10-28-25(15-27)20-37-19-24(23-7-5-22(18-35)6-8-23)16-29(37)31-36-12-14-38(28)31/h5-10,12,14-16,19,26H,11,13,17,20-21H2,1-4H3. The largest absolute Gasteiger partial charge is 0.444 e. The summed E-state index contributed by atoms with van der Waals surface area (Å²) in [6, 6.07) is 18.1. The lowest BCUT2D eigenvalue weighted by Crippen LogP contribution is -2.65. The van der Waals surface area contributed by atoms with Crippen molar-refractivity contribution in [2.45, 2.75) is 58.2 Å². The highest BCUT2D eigenvalue weighted by molar-refractivity contribution is 5.96. The summed E-state index contributed by atoms with van der Waals surface area (Å²) in [4.78, 5) is 34.7. The molecule has 3 aliphatic heterocycles. The zero-order chi connectivity index (χ0) is 30.1.